The fourth-order valence-electron chi connectivity index (χ4n) is 3.81. The lowest BCUT2D eigenvalue weighted by Gasteiger charge is -2.31. The van der Waals surface area contributed by atoms with Crippen LogP contribution in [0.25, 0.3) is 0 Å². The number of benzene rings is 3. The van der Waals surface area contributed by atoms with E-state index in [1.807, 2.05) is 38.1 Å². The molecule has 0 radical (unpaired) electrons. The van der Waals surface area contributed by atoms with Crippen LogP contribution in [-0.4, -0.2) is 51.4 Å². The molecule has 3 aromatic carbocycles. The van der Waals surface area contributed by atoms with Gasteiger partial charge in [-0.1, -0.05) is 48.0 Å². The van der Waals surface area contributed by atoms with Crippen molar-refractivity contribution in [3.05, 3.63) is 90.0 Å². The summed E-state index contributed by atoms with van der Waals surface area (Å²) in [4.78, 5) is 27.7. The first-order valence-corrected chi connectivity index (χ1v) is 13.5. The second-order valence-corrected chi connectivity index (χ2v) is 10.4. The van der Waals surface area contributed by atoms with Crippen LogP contribution in [0, 0.1) is 6.92 Å². The van der Waals surface area contributed by atoms with Gasteiger partial charge in [0.2, 0.25) is 11.8 Å². The highest BCUT2D eigenvalue weighted by Gasteiger charge is 2.32. The van der Waals surface area contributed by atoms with Crippen LogP contribution in [0.2, 0.25) is 0 Å². The van der Waals surface area contributed by atoms with E-state index >= 15 is 0 Å². The number of carbonyl (C=O) groups excluding carboxylic acids is 2. The van der Waals surface area contributed by atoms with Gasteiger partial charge < -0.3 is 15.0 Å². The van der Waals surface area contributed by atoms with Gasteiger partial charge in [-0.3, -0.25) is 13.9 Å². The lowest BCUT2D eigenvalue weighted by atomic mass is 10.1. The van der Waals surface area contributed by atoms with Gasteiger partial charge in [0.15, 0.2) is 0 Å². The summed E-state index contributed by atoms with van der Waals surface area (Å²) in [6.45, 7) is 5.57. The molecule has 0 aliphatic carbocycles. The summed E-state index contributed by atoms with van der Waals surface area (Å²) in [6, 6.07) is 21.3. The molecule has 0 aliphatic heterocycles. The molecule has 1 N–H and O–H groups in total. The molecule has 3 rings (SSSR count). The molecule has 0 saturated carbocycles. The normalized spacial score (nSPS) is 11.9. The van der Waals surface area contributed by atoms with Crippen LogP contribution >= 0.6 is 0 Å². The van der Waals surface area contributed by atoms with Gasteiger partial charge in [0.1, 0.15) is 18.3 Å². The van der Waals surface area contributed by atoms with E-state index in [-0.39, 0.29) is 17.3 Å². The standard InChI is InChI=1S/C28H33N3O5S/c1-5-36-25-17-15-24(16-18-25)31(37(34,35)26-9-7-6-8-10-26)20-27(32)30(22(3)28(33)29-4)19-23-13-11-21(2)12-14-23/h6-18,22H,5,19-20H2,1-4H3,(H,29,33)/t22-/m1/s1. The number of nitrogens with zero attached hydrogens (tertiary/aromatic N) is 2. The van der Waals surface area contributed by atoms with Gasteiger partial charge in [0, 0.05) is 13.6 Å². The third-order valence-electron chi connectivity index (χ3n) is 5.93. The second kappa shape index (κ2) is 12.4. The van der Waals surface area contributed by atoms with E-state index in [2.05, 4.69) is 5.32 Å². The number of ether oxygens (including phenoxy) is 1. The monoisotopic (exact) mass is 523 g/mol. The SMILES string of the molecule is CCOc1ccc(N(CC(=O)N(Cc2ccc(C)cc2)[C@H](C)C(=O)NC)S(=O)(=O)c2ccccc2)cc1. The van der Waals surface area contributed by atoms with Gasteiger partial charge >= 0.3 is 0 Å². The molecule has 0 saturated heterocycles. The van der Waals surface area contributed by atoms with E-state index in [1.54, 1.807) is 49.4 Å². The number of aryl methyl sites for hydroxylation is 1. The Morgan fingerprint density at radius 2 is 1.57 bits per heavy atom. The Morgan fingerprint density at radius 3 is 2.14 bits per heavy atom. The number of anilines is 1. The maximum absolute atomic E-state index is 13.7. The fraction of sp³-hybridized carbons (Fsp3) is 0.286. The average molecular weight is 524 g/mol. The van der Waals surface area contributed by atoms with E-state index in [1.165, 1.54) is 24.1 Å². The number of sulfonamides is 1. The molecule has 0 heterocycles. The molecule has 0 aliphatic rings. The summed E-state index contributed by atoms with van der Waals surface area (Å²) in [5.74, 6) is -0.270. The van der Waals surface area contributed by atoms with Crippen molar-refractivity contribution in [3.63, 3.8) is 0 Å². The van der Waals surface area contributed by atoms with Crippen LogP contribution < -0.4 is 14.4 Å². The Balaban J connectivity index is 2.01. The average Bonchev–Trinajstić information content (AvgIpc) is 2.91. The topological polar surface area (TPSA) is 96.0 Å². The minimum atomic E-state index is -4.09. The van der Waals surface area contributed by atoms with Gasteiger partial charge in [0.25, 0.3) is 10.0 Å². The smallest absolute Gasteiger partial charge is 0.264 e. The molecule has 0 fully saturated rings. The molecule has 37 heavy (non-hydrogen) atoms. The predicted molar refractivity (Wildman–Crippen MR) is 144 cm³/mol. The van der Waals surface area contributed by atoms with Crippen LogP contribution in [0.3, 0.4) is 0 Å². The number of hydrogen-bond donors (Lipinski definition) is 1. The molecule has 0 bridgehead atoms. The molecule has 0 aromatic heterocycles. The first-order chi connectivity index (χ1) is 17.7. The Labute approximate surface area is 218 Å². The predicted octanol–water partition coefficient (Wildman–Crippen LogP) is 3.75. The second-order valence-electron chi connectivity index (χ2n) is 8.55. The largest absolute Gasteiger partial charge is 0.494 e. The third kappa shape index (κ3) is 6.89. The summed E-state index contributed by atoms with van der Waals surface area (Å²) in [5.41, 5.74) is 2.20. The zero-order chi connectivity index (χ0) is 27.0. The lowest BCUT2D eigenvalue weighted by Crippen LogP contribution is -2.50. The number of rotatable bonds is 11. The van der Waals surface area contributed by atoms with Crippen molar-refractivity contribution in [1.82, 2.24) is 10.2 Å². The van der Waals surface area contributed by atoms with Gasteiger partial charge in [-0.15, -0.1) is 0 Å². The highest BCUT2D eigenvalue weighted by Crippen LogP contribution is 2.26. The van der Waals surface area contributed by atoms with Crippen LogP contribution in [0.1, 0.15) is 25.0 Å². The van der Waals surface area contributed by atoms with Crippen LogP contribution in [-0.2, 0) is 26.2 Å². The van der Waals surface area contributed by atoms with Gasteiger partial charge in [-0.25, -0.2) is 8.42 Å². The minimum Gasteiger partial charge on any atom is -0.494 e. The number of amides is 2. The maximum Gasteiger partial charge on any atom is 0.264 e. The van der Waals surface area contributed by atoms with Crippen LogP contribution in [0.15, 0.2) is 83.8 Å². The summed E-state index contributed by atoms with van der Waals surface area (Å²) >= 11 is 0. The van der Waals surface area contributed by atoms with Gasteiger partial charge in [-0.05, 0) is 62.7 Å². The lowest BCUT2D eigenvalue weighted by molar-refractivity contribution is -0.139. The van der Waals surface area contributed by atoms with Crippen molar-refractivity contribution in [1.29, 1.82) is 0 Å². The first-order valence-electron chi connectivity index (χ1n) is 12.0. The molecule has 9 heteroatoms. The van der Waals surface area contributed by atoms with E-state index < -0.39 is 28.5 Å². The maximum atomic E-state index is 13.7. The molecular weight excluding hydrogens is 490 g/mol. The highest BCUT2D eigenvalue weighted by atomic mass is 32.2. The van der Waals surface area contributed by atoms with Gasteiger partial charge in [-0.2, -0.15) is 0 Å². The van der Waals surface area contributed by atoms with Crippen molar-refractivity contribution in [3.8, 4) is 5.75 Å². The Kier molecular flexibility index (Phi) is 9.30. The molecular formula is C28H33N3O5S. The highest BCUT2D eigenvalue weighted by molar-refractivity contribution is 7.92. The van der Waals surface area contributed by atoms with Crippen molar-refractivity contribution in [2.24, 2.45) is 0 Å². The van der Waals surface area contributed by atoms with E-state index in [0.717, 1.165) is 15.4 Å². The van der Waals surface area contributed by atoms with Crippen molar-refractivity contribution >= 4 is 27.5 Å². The molecule has 3 aromatic rings. The van der Waals surface area contributed by atoms with Gasteiger partial charge in [0.05, 0.1) is 17.2 Å². The summed E-state index contributed by atoms with van der Waals surface area (Å²) in [5, 5.41) is 2.58. The zero-order valence-corrected chi connectivity index (χ0v) is 22.4. The quantitative estimate of drug-likeness (QED) is 0.413. The Bertz CT molecular complexity index is 1290. The van der Waals surface area contributed by atoms with E-state index in [0.29, 0.717) is 18.0 Å². The summed E-state index contributed by atoms with van der Waals surface area (Å²) in [7, 11) is -2.59. The molecule has 8 nitrogen and oxygen atoms in total. The number of carbonyl (C=O) groups is 2. The summed E-state index contributed by atoms with van der Waals surface area (Å²) in [6.07, 6.45) is 0. The number of hydrogen-bond acceptors (Lipinski definition) is 5. The molecule has 0 spiro atoms. The van der Waals surface area contributed by atoms with Crippen molar-refractivity contribution in [2.45, 2.75) is 38.3 Å². The van der Waals surface area contributed by atoms with Crippen molar-refractivity contribution < 1.29 is 22.7 Å². The van der Waals surface area contributed by atoms with E-state index in [4.69, 9.17) is 4.74 Å². The molecule has 196 valence electrons. The minimum absolute atomic E-state index is 0.0566. The molecule has 0 unspecified atom stereocenters. The number of nitrogens with one attached hydrogen (secondary N) is 1. The Hall–Kier alpha value is -3.85. The van der Waals surface area contributed by atoms with Crippen LogP contribution in [0.4, 0.5) is 5.69 Å². The molecule has 2 amide bonds. The summed E-state index contributed by atoms with van der Waals surface area (Å²) < 4.78 is 34.0. The van der Waals surface area contributed by atoms with E-state index in [9.17, 15) is 18.0 Å². The zero-order valence-electron chi connectivity index (χ0n) is 21.5. The number of likely N-dealkylation sites (N-methyl/N-ethyl adjacent to an activating group) is 1. The van der Waals surface area contributed by atoms with Crippen LogP contribution in [0.5, 0.6) is 5.75 Å². The third-order valence-corrected chi connectivity index (χ3v) is 7.72. The fourth-order valence-corrected chi connectivity index (χ4v) is 5.24. The molecule has 1 atom stereocenters. The first kappa shape index (κ1) is 27.7. The van der Waals surface area contributed by atoms with Crippen molar-refractivity contribution in [2.75, 3.05) is 24.5 Å². The Morgan fingerprint density at radius 1 is 0.946 bits per heavy atom.